The van der Waals surface area contributed by atoms with E-state index in [1.165, 1.54) is 12.1 Å². The number of rotatable bonds is 7. The number of nitrogens with one attached hydrogen (secondary N) is 1. The maximum atomic E-state index is 13.1. The summed E-state index contributed by atoms with van der Waals surface area (Å²) in [7, 11) is 1.93. The van der Waals surface area contributed by atoms with E-state index in [1.807, 2.05) is 23.8 Å². The fourth-order valence-corrected chi connectivity index (χ4v) is 3.43. The summed E-state index contributed by atoms with van der Waals surface area (Å²) in [5.41, 5.74) is 0.992. The lowest BCUT2D eigenvalue weighted by molar-refractivity contribution is -0.131. The average Bonchev–Trinajstić information content (AvgIpc) is 2.80. The van der Waals surface area contributed by atoms with Gasteiger partial charge in [0.05, 0.1) is 6.54 Å². The number of nitrogens with zero attached hydrogens (tertiary/aromatic N) is 6. The minimum Gasteiger partial charge on any atom is -0.357 e. The van der Waals surface area contributed by atoms with Crippen LogP contribution in [0.15, 0.2) is 47.7 Å². The van der Waals surface area contributed by atoms with Gasteiger partial charge in [-0.2, -0.15) is 0 Å². The van der Waals surface area contributed by atoms with Crippen molar-refractivity contribution in [1.82, 2.24) is 25.1 Å². The van der Waals surface area contributed by atoms with E-state index >= 15 is 0 Å². The first kappa shape index (κ1) is 22.5. The second-order valence-corrected chi connectivity index (χ2v) is 7.38. The van der Waals surface area contributed by atoms with Crippen LogP contribution >= 0.6 is 0 Å². The molecule has 8 nitrogen and oxygen atoms in total. The molecule has 2 heterocycles. The van der Waals surface area contributed by atoms with Gasteiger partial charge in [-0.15, -0.1) is 0 Å². The average molecular weight is 428 g/mol. The van der Waals surface area contributed by atoms with E-state index in [-0.39, 0.29) is 11.7 Å². The molecule has 31 heavy (non-hydrogen) atoms. The van der Waals surface area contributed by atoms with Crippen molar-refractivity contribution in [3.05, 3.63) is 54.1 Å². The topological polar surface area (TPSA) is 77.0 Å². The zero-order valence-corrected chi connectivity index (χ0v) is 18.2. The van der Waals surface area contributed by atoms with Crippen LogP contribution in [0.5, 0.6) is 0 Å². The van der Waals surface area contributed by atoms with Gasteiger partial charge in [-0.1, -0.05) is 12.1 Å². The Hall–Kier alpha value is -3.23. The minimum absolute atomic E-state index is 0.106. The Balaban J connectivity index is 1.47. The molecule has 166 valence electrons. The molecule has 0 unspecified atom stereocenters. The highest BCUT2D eigenvalue weighted by molar-refractivity contribution is 5.81. The van der Waals surface area contributed by atoms with Crippen molar-refractivity contribution >= 4 is 17.8 Å². The molecule has 1 fully saturated rings. The Labute approximate surface area is 182 Å². The van der Waals surface area contributed by atoms with E-state index in [0.717, 1.165) is 31.2 Å². The zero-order valence-electron chi connectivity index (χ0n) is 18.2. The summed E-state index contributed by atoms with van der Waals surface area (Å²) >= 11 is 0. The fraction of sp³-hybridized carbons (Fsp3) is 0.455. The molecule has 9 heteroatoms. The first-order valence-corrected chi connectivity index (χ1v) is 10.6. The summed E-state index contributed by atoms with van der Waals surface area (Å²) in [6.07, 6.45) is 3.82. The molecule has 0 radical (unpaired) electrons. The van der Waals surface area contributed by atoms with Crippen molar-refractivity contribution in [2.24, 2.45) is 4.99 Å². The lowest BCUT2D eigenvalue weighted by atomic mass is 10.2. The number of hydrogen-bond acceptors (Lipinski definition) is 5. The second kappa shape index (κ2) is 11.2. The molecule has 1 aromatic carbocycles. The third-order valence-electron chi connectivity index (χ3n) is 5.08. The molecule has 2 aromatic rings. The van der Waals surface area contributed by atoms with Crippen molar-refractivity contribution < 1.29 is 9.18 Å². The van der Waals surface area contributed by atoms with Gasteiger partial charge in [0.2, 0.25) is 11.9 Å². The van der Waals surface area contributed by atoms with Gasteiger partial charge in [0.25, 0.3) is 0 Å². The Morgan fingerprint density at radius 2 is 1.84 bits per heavy atom. The van der Waals surface area contributed by atoms with Crippen molar-refractivity contribution in [1.29, 1.82) is 0 Å². The largest absolute Gasteiger partial charge is 0.357 e. The van der Waals surface area contributed by atoms with E-state index in [2.05, 4.69) is 25.2 Å². The number of hydrogen-bond donors (Lipinski definition) is 1. The molecule has 0 aliphatic carbocycles. The van der Waals surface area contributed by atoms with E-state index in [1.54, 1.807) is 30.6 Å². The smallest absolute Gasteiger partial charge is 0.225 e. The normalized spacial score (nSPS) is 14.5. The summed E-state index contributed by atoms with van der Waals surface area (Å²) in [6.45, 7) is 6.51. The number of guanidine groups is 1. The summed E-state index contributed by atoms with van der Waals surface area (Å²) in [6, 6.07) is 8.23. The van der Waals surface area contributed by atoms with E-state index < -0.39 is 0 Å². The zero-order chi connectivity index (χ0) is 22.1. The molecule has 1 saturated heterocycles. The summed E-state index contributed by atoms with van der Waals surface area (Å²) in [5.74, 6) is 1.29. The lowest BCUT2D eigenvalue weighted by Gasteiger charge is -2.34. The van der Waals surface area contributed by atoms with Crippen LogP contribution in [0.2, 0.25) is 0 Å². The number of carbonyl (C=O) groups is 1. The van der Waals surface area contributed by atoms with Gasteiger partial charge in [-0.05, 0) is 30.7 Å². The van der Waals surface area contributed by atoms with Crippen LogP contribution in [0, 0.1) is 5.82 Å². The molecular formula is C22H30FN7O. The lowest BCUT2D eigenvalue weighted by Crippen LogP contribution is -2.49. The van der Waals surface area contributed by atoms with Gasteiger partial charge in [0.15, 0.2) is 5.96 Å². The Morgan fingerprint density at radius 3 is 2.48 bits per heavy atom. The number of aromatic nitrogens is 2. The van der Waals surface area contributed by atoms with Crippen LogP contribution in [0.4, 0.5) is 10.3 Å². The minimum atomic E-state index is -0.248. The van der Waals surface area contributed by atoms with E-state index in [0.29, 0.717) is 38.5 Å². The third kappa shape index (κ3) is 6.63. The van der Waals surface area contributed by atoms with Crippen LogP contribution in [0.1, 0.15) is 18.9 Å². The predicted octanol–water partition coefficient (Wildman–Crippen LogP) is 1.75. The van der Waals surface area contributed by atoms with Crippen LogP contribution in [-0.4, -0.2) is 78.0 Å². The van der Waals surface area contributed by atoms with Crippen molar-refractivity contribution in [2.75, 3.05) is 51.2 Å². The molecule has 1 aliphatic rings. The number of piperazine rings is 1. The number of halogens is 1. The van der Waals surface area contributed by atoms with Crippen molar-refractivity contribution in [2.45, 2.75) is 19.9 Å². The monoisotopic (exact) mass is 427 g/mol. The Kier molecular flexibility index (Phi) is 8.14. The Bertz CT molecular complexity index is 852. The molecule has 1 N–H and O–H groups in total. The highest BCUT2D eigenvalue weighted by Gasteiger charge is 2.22. The van der Waals surface area contributed by atoms with Gasteiger partial charge in [0.1, 0.15) is 5.82 Å². The fourth-order valence-electron chi connectivity index (χ4n) is 3.43. The first-order valence-electron chi connectivity index (χ1n) is 10.6. The molecule has 0 saturated carbocycles. The number of carbonyl (C=O) groups excluding carboxylic acids is 1. The SMILES string of the molecule is CCNC(=NCCC(=O)N1CCN(c2ncccn2)CC1)N(C)Cc1ccc(F)cc1. The summed E-state index contributed by atoms with van der Waals surface area (Å²) in [4.78, 5) is 31.7. The Morgan fingerprint density at radius 1 is 1.16 bits per heavy atom. The van der Waals surface area contributed by atoms with Crippen molar-refractivity contribution in [3.8, 4) is 0 Å². The van der Waals surface area contributed by atoms with Gasteiger partial charge >= 0.3 is 0 Å². The number of anilines is 1. The predicted molar refractivity (Wildman–Crippen MR) is 119 cm³/mol. The quantitative estimate of drug-likeness (QED) is 0.536. The summed E-state index contributed by atoms with van der Waals surface area (Å²) < 4.78 is 13.1. The van der Waals surface area contributed by atoms with Crippen molar-refractivity contribution in [3.63, 3.8) is 0 Å². The van der Waals surface area contributed by atoms with Crippen LogP contribution in [0.25, 0.3) is 0 Å². The number of aliphatic imine (C=N–C) groups is 1. The van der Waals surface area contributed by atoms with Crippen LogP contribution in [-0.2, 0) is 11.3 Å². The maximum absolute atomic E-state index is 13.1. The standard InChI is InChI=1S/C22H30FN7O/c1-3-24-21(28(2)17-18-5-7-19(23)8-6-18)27-12-9-20(31)29-13-15-30(16-14-29)22-25-10-4-11-26-22/h4-8,10-11H,3,9,12-17H2,1-2H3,(H,24,27). The van der Waals surface area contributed by atoms with E-state index in [9.17, 15) is 9.18 Å². The molecule has 1 aliphatic heterocycles. The molecule has 0 spiro atoms. The number of amides is 1. The second-order valence-electron chi connectivity index (χ2n) is 7.38. The van der Waals surface area contributed by atoms with E-state index in [4.69, 9.17) is 0 Å². The third-order valence-corrected chi connectivity index (χ3v) is 5.08. The molecule has 0 atom stereocenters. The van der Waals surface area contributed by atoms with Gasteiger partial charge in [-0.3, -0.25) is 9.79 Å². The van der Waals surface area contributed by atoms with Crippen LogP contribution < -0.4 is 10.2 Å². The molecular weight excluding hydrogens is 397 g/mol. The maximum Gasteiger partial charge on any atom is 0.225 e. The molecule has 1 amide bonds. The van der Waals surface area contributed by atoms with Gasteiger partial charge in [0, 0.05) is 65.1 Å². The highest BCUT2D eigenvalue weighted by Crippen LogP contribution is 2.11. The van der Waals surface area contributed by atoms with Gasteiger partial charge in [-0.25, -0.2) is 14.4 Å². The van der Waals surface area contributed by atoms with Crippen LogP contribution in [0.3, 0.4) is 0 Å². The molecule has 0 bridgehead atoms. The molecule has 3 rings (SSSR count). The highest BCUT2D eigenvalue weighted by atomic mass is 19.1. The number of benzene rings is 1. The first-order chi connectivity index (χ1) is 15.1. The molecule has 1 aromatic heterocycles. The summed E-state index contributed by atoms with van der Waals surface area (Å²) in [5, 5.41) is 3.25. The van der Waals surface area contributed by atoms with Gasteiger partial charge < -0.3 is 20.0 Å².